The zero-order valence-corrected chi connectivity index (χ0v) is 17.2. The number of piperazine rings is 1. The van der Waals surface area contributed by atoms with Crippen molar-refractivity contribution in [2.24, 2.45) is 0 Å². The van der Waals surface area contributed by atoms with E-state index < -0.39 is 0 Å². The number of halogens is 2. The Morgan fingerprint density at radius 1 is 1.08 bits per heavy atom. The fraction of sp³-hybridized carbons (Fsp3) is 0.429. The van der Waals surface area contributed by atoms with Gasteiger partial charge in [-0.2, -0.15) is 0 Å². The Balaban J connectivity index is 0.00000121. The van der Waals surface area contributed by atoms with Gasteiger partial charge < -0.3 is 10.2 Å². The van der Waals surface area contributed by atoms with Crippen LogP contribution in [0.15, 0.2) is 48.5 Å². The number of benzene rings is 2. The summed E-state index contributed by atoms with van der Waals surface area (Å²) in [5.74, 6) is 0.473. The minimum atomic E-state index is 0. The molecule has 0 saturated carbocycles. The van der Waals surface area contributed by atoms with E-state index in [0.29, 0.717) is 12.0 Å². The molecule has 3 nitrogen and oxygen atoms in total. The van der Waals surface area contributed by atoms with Gasteiger partial charge in [0.25, 0.3) is 0 Å². The fourth-order valence-electron chi connectivity index (χ4n) is 4.16. The van der Waals surface area contributed by atoms with Crippen LogP contribution in [0.3, 0.4) is 0 Å². The molecule has 1 N–H and O–H groups in total. The maximum Gasteiger partial charge on any atom is 0.0476 e. The van der Waals surface area contributed by atoms with Crippen LogP contribution in [0.25, 0.3) is 0 Å². The second-order valence-corrected chi connectivity index (χ2v) is 7.01. The molecule has 2 atom stereocenters. The van der Waals surface area contributed by atoms with Crippen LogP contribution in [-0.4, -0.2) is 44.7 Å². The molecule has 2 aromatic rings. The van der Waals surface area contributed by atoms with Crippen molar-refractivity contribution in [2.45, 2.75) is 18.9 Å². The molecule has 1 fully saturated rings. The molecule has 26 heavy (non-hydrogen) atoms. The lowest BCUT2D eigenvalue weighted by atomic mass is 9.80. The highest BCUT2D eigenvalue weighted by molar-refractivity contribution is 5.85. The van der Waals surface area contributed by atoms with Gasteiger partial charge in [-0.3, -0.25) is 4.90 Å². The monoisotopic (exact) mass is 393 g/mol. The molecule has 0 unspecified atom stereocenters. The third-order valence-electron chi connectivity index (χ3n) is 5.69. The van der Waals surface area contributed by atoms with Crippen molar-refractivity contribution in [3.05, 3.63) is 65.2 Å². The second kappa shape index (κ2) is 9.09. The normalized spacial score (nSPS) is 21.6. The lowest BCUT2D eigenvalue weighted by Gasteiger charge is -2.44. The number of nitrogens with zero attached hydrogens (tertiary/aromatic N) is 2. The van der Waals surface area contributed by atoms with E-state index >= 15 is 0 Å². The van der Waals surface area contributed by atoms with Gasteiger partial charge in [0.15, 0.2) is 0 Å². The molecule has 0 aliphatic carbocycles. The SMILES string of the molecule is CCN(C)c1ccc2c(c1)[C@H](c1ccccc1)CN1CCNC[C@H]21.Cl.Cl. The molecule has 5 heteroatoms. The van der Waals surface area contributed by atoms with Gasteiger partial charge in [0.2, 0.25) is 0 Å². The maximum atomic E-state index is 3.58. The average Bonchev–Trinajstić information content (AvgIpc) is 2.67. The van der Waals surface area contributed by atoms with Crippen LogP contribution in [0.4, 0.5) is 5.69 Å². The Hall–Kier alpha value is -1.26. The van der Waals surface area contributed by atoms with Crippen LogP contribution in [0.2, 0.25) is 0 Å². The first-order valence-electron chi connectivity index (χ1n) is 9.12. The van der Waals surface area contributed by atoms with E-state index in [4.69, 9.17) is 0 Å². The number of rotatable bonds is 3. The van der Waals surface area contributed by atoms with E-state index in [2.05, 4.69) is 77.6 Å². The largest absolute Gasteiger partial charge is 0.375 e. The lowest BCUT2D eigenvalue weighted by molar-refractivity contribution is 0.143. The number of nitrogens with one attached hydrogen (secondary N) is 1. The van der Waals surface area contributed by atoms with Crippen LogP contribution in [-0.2, 0) is 0 Å². The quantitative estimate of drug-likeness (QED) is 0.847. The number of fused-ring (bicyclic) bond motifs is 3. The zero-order chi connectivity index (χ0) is 16.5. The molecule has 0 amide bonds. The van der Waals surface area contributed by atoms with Gasteiger partial charge in [-0.1, -0.05) is 36.4 Å². The predicted molar refractivity (Wildman–Crippen MR) is 115 cm³/mol. The van der Waals surface area contributed by atoms with Gasteiger partial charge in [0.1, 0.15) is 0 Å². The highest BCUT2D eigenvalue weighted by Gasteiger charge is 2.35. The Kier molecular flexibility index (Phi) is 7.36. The van der Waals surface area contributed by atoms with Crippen molar-refractivity contribution in [1.82, 2.24) is 10.2 Å². The molecule has 2 heterocycles. The van der Waals surface area contributed by atoms with Gasteiger partial charge in [-0.25, -0.2) is 0 Å². The van der Waals surface area contributed by atoms with Gasteiger partial charge in [0, 0.05) is 57.4 Å². The Morgan fingerprint density at radius 3 is 2.58 bits per heavy atom. The minimum Gasteiger partial charge on any atom is -0.375 e. The van der Waals surface area contributed by atoms with Crippen molar-refractivity contribution < 1.29 is 0 Å². The molecule has 1 saturated heterocycles. The third-order valence-corrected chi connectivity index (χ3v) is 5.69. The Labute approximate surface area is 169 Å². The smallest absolute Gasteiger partial charge is 0.0476 e. The van der Waals surface area contributed by atoms with Gasteiger partial charge in [-0.05, 0) is 35.7 Å². The predicted octanol–water partition coefficient (Wildman–Crippen LogP) is 4.08. The van der Waals surface area contributed by atoms with E-state index in [-0.39, 0.29) is 24.8 Å². The summed E-state index contributed by atoms with van der Waals surface area (Å²) in [6.07, 6.45) is 0. The topological polar surface area (TPSA) is 18.5 Å². The maximum absolute atomic E-state index is 3.58. The van der Waals surface area contributed by atoms with E-state index in [1.807, 2.05) is 0 Å². The zero-order valence-electron chi connectivity index (χ0n) is 15.5. The van der Waals surface area contributed by atoms with Crippen LogP contribution in [0, 0.1) is 0 Å². The molecule has 2 aliphatic heterocycles. The number of anilines is 1. The highest BCUT2D eigenvalue weighted by Crippen LogP contribution is 2.41. The molecule has 2 aliphatic rings. The van der Waals surface area contributed by atoms with E-state index in [9.17, 15) is 0 Å². The van der Waals surface area contributed by atoms with Crippen molar-refractivity contribution in [3.8, 4) is 0 Å². The summed E-state index contributed by atoms with van der Waals surface area (Å²) in [5.41, 5.74) is 5.79. The Morgan fingerprint density at radius 2 is 1.85 bits per heavy atom. The molecule has 0 spiro atoms. The van der Waals surface area contributed by atoms with Crippen LogP contribution in [0.1, 0.15) is 35.6 Å². The summed E-state index contributed by atoms with van der Waals surface area (Å²) >= 11 is 0. The third kappa shape index (κ3) is 3.86. The van der Waals surface area contributed by atoms with Crippen molar-refractivity contribution in [3.63, 3.8) is 0 Å². The number of hydrogen-bond acceptors (Lipinski definition) is 3. The molecule has 4 rings (SSSR count). The molecular formula is C21H29Cl2N3. The molecular weight excluding hydrogens is 365 g/mol. The van der Waals surface area contributed by atoms with Crippen molar-refractivity contribution in [1.29, 1.82) is 0 Å². The first kappa shape index (κ1) is 21.0. The summed E-state index contributed by atoms with van der Waals surface area (Å²) in [5, 5.41) is 3.58. The van der Waals surface area contributed by atoms with Gasteiger partial charge >= 0.3 is 0 Å². The average molecular weight is 394 g/mol. The summed E-state index contributed by atoms with van der Waals surface area (Å²) < 4.78 is 0. The van der Waals surface area contributed by atoms with E-state index in [1.165, 1.54) is 22.4 Å². The number of hydrogen-bond donors (Lipinski definition) is 1. The van der Waals surface area contributed by atoms with Gasteiger partial charge in [0.05, 0.1) is 0 Å². The molecule has 0 radical (unpaired) electrons. The van der Waals surface area contributed by atoms with Crippen LogP contribution in [0.5, 0.6) is 0 Å². The highest BCUT2D eigenvalue weighted by atomic mass is 35.5. The second-order valence-electron chi connectivity index (χ2n) is 7.01. The first-order chi connectivity index (χ1) is 11.8. The minimum absolute atomic E-state index is 0. The van der Waals surface area contributed by atoms with Crippen LogP contribution < -0.4 is 10.2 Å². The fourth-order valence-corrected chi connectivity index (χ4v) is 4.16. The lowest BCUT2D eigenvalue weighted by Crippen LogP contribution is -2.50. The van der Waals surface area contributed by atoms with Gasteiger partial charge in [-0.15, -0.1) is 24.8 Å². The van der Waals surface area contributed by atoms with Crippen molar-refractivity contribution >= 4 is 30.5 Å². The van der Waals surface area contributed by atoms with E-state index in [0.717, 1.165) is 32.7 Å². The first-order valence-corrected chi connectivity index (χ1v) is 9.12. The van der Waals surface area contributed by atoms with Crippen LogP contribution >= 0.6 is 24.8 Å². The summed E-state index contributed by atoms with van der Waals surface area (Å²) in [6.45, 7) is 7.68. The summed E-state index contributed by atoms with van der Waals surface area (Å²) in [4.78, 5) is 4.99. The molecule has 0 bridgehead atoms. The summed E-state index contributed by atoms with van der Waals surface area (Å²) in [7, 11) is 2.18. The van der Waals surface area contributed by atoms with E-state index in [1.54, 1.807) is 0 Å². The molecule has 142 valence electrons. The molecule has 2 aromatic carbocycles. The molecule has 0 aromatic heterocycles. The standard InChI is InChI=1S/C21H27N3.2ClH/c1-3-23(2)17-9-10-18-19(13-17)20(16-7-5-4-6-8-16)15-24-12-11-22-14-21(18)24;;/h4-10,13,20-22H,3,11-12,14-15H2,1-2H3;2*1H/t20-,21+;;/m0../s1. The summed E-state index contributed by atoms with van der Waals surface area (Å²) in [6, 6.07) is 18.6. The van der Waals surface area contributed by atoms with Crippen molar-refractivity contribution in [2.75, 3.05) is 44.7 Å². The Bertz CT molecular complexity index is 708.